The van der Waals surface area contributed by atoms with E-state index < -0.39 is 6.10 Å². The van der Waals surface area contributed by atoms with E-state index in [9.17, 15) is 9.90 Å². The first-order valence-electron chi connectivity index (χ1n) is 4.63. The fraction of sp³-hybridized carbons (Fsp3) is 0.900. The highest BCUT2D eigenvalue weighted by Crippen LogP contribution is 2.63. The first-order valence-corrected chi connectivity index (χ1v) is 4.63. The molecule has 0 amide bonds. The SMILES string of the molecule is CC1(C)C2CCC1(C)C(O)C2=O. The van der Waals surface area contributed by atoms with Crippen molar-refractivity contribution < 1.29 is 9.90 Å². The third kappa shape index (κ3) is 0.598. The number of fused-ring (bicyclic) bond motifs is 2. The second-order valence-corrected chi connectivity index (χ2v) is 5.04. The van der Waals surface area contributed by atoms with E-state index in [0.29, 0.717) is 0 Å². The molecule has 0 aromatic heterocycles. The fourth-order valence-electron chi connectivity index (χ4n) is 3.02. The third-order valence-electron chi connectivity index (χ3n) is 4.51. The van der Waals surface area contributed by atoms with Crippen LogP contribution in [0.2, 0.25) is 0 Å². The van der Waals surface area contributed by atoms with Gasteiger partial charge in [-0.3, -0.25) is 4.79 Å². The van der Waals surface area contributed by atoms with Crippen molar-refractivity contribution in [3.63, 3.8) is 0 Å². The summed E-state index contributed by atoms with van der Waals surface area (Å²) in [5.41, 5.74) is -0.155. The molecule has 0 aromatic rings. The van der Waals surface area contributed by atoms with Crippen molar-refractivity contribution in [2.75, 3.05) is 0 Å². The highest BCUT2D eigenvalue weighted by molar-refractivity contribution is 5.90. The van der Waals surface area contributed by atoms with Gasteiger partial charge in [-0.2, -0.15) is 0 Å². The molecule has 0 saturated heterocycles. The summed E-state index contributed by atoms with van der Waals surface area (Å²) in [6, 6.07) is 0. The van der Waals surface area contributed by atoms with Gasteiger partial charge in [0.2, 0.25) is 0 Å². The number of rotatable bonds is 0. The van der Waals surface area contributed by atoms with E-state index in [1.165, 1.54) is 0 Å². The van der Waals surface area contributed by atoms with Gasteiger partial charge in [0.05, 0.1) is 0 Å². The Hall–Kier alpha value is -0.370. The zero-order valence-corrected chi connectivity index (χ0v) is 7.92. The molecule has 2 rings (SSSR count). The maximum atomic E-state index is 11.5. The quantitative estimate of drug-likeness (QED) is 0.593. The van der Waals surface area contributed by atoms with Crippen LogP contribution < -0.4 is 0 Å². The average molecular weight is 168 g/mol. The minimum absolute atomic E-state index is 0.00347. The summed E-state index contributed by atoms with van der Waals surface area (Å²) < 4.78 is 0. The number of hydrogen-bond donors (Lipinski definition) is 1. The standard InChI is InChI=1S/C10H16O2/c1-9(2)6-4-5-10(9,3)8(12)7(6)11/h6,8,12H,4-5H2,1-3H3. The largest absolute Gasteiger partial charge is 0.385 e. The van der Waals surface area contributed by atoms with Crippen LogP contribution in [0.4, 0.5) is 0 Å². The summed E-state index contributed by atoms with van der Waals surface area (Å²) in [5.74, 6) is 0.186. The normalized spacial score (nSPS) is 50.2. The molecule has 68 valence electrons. The Morgan fingerprint density at radius 2 is 2.00 bits per heavy atom. The lowest BCUT2D eigenvalue weighted by Crippen LogP contribution is -2.37. The molecule has 2 saturated carbocycles. The van der Waals surface area contributed by atoms with Crippen molar-refractivity contribution in [3.8, 4) is 0 Å². The summed E-state index contributed by atoms with van der Waals surface area (Å²) in [5, 5.41) is 9.73. The maximum absolute atomic E-state index is 11.5. The van der Waals surface area contributed by atoms with Gasteiger partial charge in [0.25, 0.3) is 0 Å². The number of carbonyl (C=O) groups is 1. The summed E-state index contributed by atoms with van der Waals surface area (Å²) in [4.78, 5) is 11.5. The summed E-state index contributed by atoms with van der Waals surface area (Å²) in [7, 11) is 0. The van der Waals surface area contributed by atoms with Crippen LogP contribution in [0, 0.1) is 16.7 Å². The summed E-state index contributed by atoms with van der Waals surface area (Å²) >= 11 is 0. The third-order valence-corrected chi connectivity index (χ3v) is 4.51. The molecule has 0 aromatic carbocycles. The first-order chi connectivity index (χ1) is 5.41. The van der Waals surface area contributed by atoms with Crippen LogP contribution in [0.1, 0.15) is 33.6 Å². The zero-order valence-electron chi connectivity index (χ0n) is 7.92. The van der Waals surface area contributed by atoms with Crippen molar-refractivity contribution in [2.45, 2.75) is 39.7 Å². The molecule has 0 aliphatic heterocycles. The van der Waals surface area contributed by atoms with Crippen molar-refractivity contribution in [1.82, 2.24) is 0 Å². The minimum atomic E-state index is -0.703. The van der Waals surface area contributed by atoms with E-state index in [0.717, 1.165) is 12.8 Å². The second kappa shape index (κ2) is 1.92. The second-order valence-electron chi connectivity index (χ2n) is 5.04. The van der Waals surface area contributed by atoms with E-state index in [4.69, 9.17) is 0 Å². The lowest BCUT2D eigenvalue weighted by Gasteiger charge is -2.35. The number of Topliss-reactive ketones (excluding diaryl/α,β-unsaturated/α-hetero) is 1. The Morgan fingerprint density at radius 3 is 2.25 bits per heavy atom. The molecule has 2 heteroatoms. The van der Waals surface area contributed by atoms with Gasteiger partial charge >= 0.3 is 0 Å². The van der Waals surface area contributed by atoms with Gasteiger partial charge in [0, 0.05) is 11.3 Å². The van der Waals surface area contributed by atoms with Gasteiger partial charge in [-0.15, -0.1) is 0 Å². The molecule has 2 aliphatic rings. The zero-order chi connectivity index (χ0) is 9.15. The van der Waals surface area contributed by atoms with E-state index in [-0.39, 0.29) is 22.5 Å². The monoisotopic (exact) mass is 168 g/mol. The van der Waals surface area contributed by atoms with Crippen molar-refractivity contribution in [3.05, 3.63) is 0 Å². The van der Waals surface area contributed by atoms with E-state index in [1.807, 2.05) is 6.92 Å². The number of ketones is 1. The Morgan fingerprint density at radius 1 is 1.42 bits per heavy atom. The van der Waals surface area contributed by atoms with Crippen LogP contribution in [0.5, 0.6) is 0 Å². The molecule has 3 unspecified atom stereocenters. The Balaban J connectivity index is 2.50. The molecule has 3 atom stereocenters. The van der Waals surface area contributed by atoms with E-state index in [1.54, 1.807) is 0 Å². The van der Waals surface area contributed by atoms with Crippen LogP contribution in [0.15, 0.2) is 0 Å². The Kier molecular flexibility index (Phi) is 1.32. The molecule has 2 nitrogen and oxygen atoms in total. The average Bonchev–Trinajstić information content (AvgIpc) is 2.26. The Labute approximate surface area is 73.0 Å². The molecule has 2 aliphatic carbocycles. The van der Waals surface area contributed by atoms with Gasteiger partial charge in [-0.25, -0.2) is 0 Å². The van der Waals surface area contributed by atoms with Gasteiger partial charge in [-0.1, -0.05) is 20.8 Å². The highest BCUT2D eigenvalue weighted by atomic mass is 16.3. The maximum Gasteiger partial charge on any atom is 0.165 e. The summed E-state index contributed by atoms with van der Waals surface area (Å²) in [6.45, 7) is 6.26. The molecule has 0 heterocycles. The van der Waals surface area contributed by atoms with Gasteiger partial charge in [0.1, 0.15) is 6.10 Å². The molecular weight excluding hydrogens is 152 g/mol. The number of aliphatic hydroxyl groups is 1. The van der Waals surface area contributed by atoms with Crippen molar-refractivity contribution in [2.24, 2.45) is 16.7 Å². The lowest BCUT2D eigenvalue weighted by molar-refractivity contribution is -0.132. The number of hydrogen-bond acceptors (Lipinski definition) is 2. The Bertz CT molecular complexity index is 244. The van der Waals surface area contributed by atoms with Crippen LogP contribution in [-0.2, 0) is 4.79 Å². The van der Waals surface area contributed by atoms with Crippen LogP contribution in [0.25, 0.3) is 0 Å². The van der Waals surface area contributed by atoms with E-state index >= 15 is 0 Å². The molecule has 2 bridgehead atoms. The smallest absolute Gasteiger partial charge is 0.165 e. The molecular formula is C10H16O2. The van der Waals surface area contributed by atoms with Crippen LogP contribution in [0.3, 0.4) is 0 Å². The molecule has 1 N–H and O–H groups in total. The highest BCUT2D eigenvalue weighted by Gasteiger charge is 2.65. The summed E-state index contributed by atoms with van der Waals surface area (Å²) in [6.07, 6.45) is 1.27. The number of carbonyl (C=O) groups excluding carboxylic acids is 1. The van der Waals surface area contributed by atoms with Gasteiger partial charge in [-0.05, 0) is 18.3 Å². The van der Waals surface area contributed by atoms with Gasteiger partial charge < -0.3 is 5.11 Å². The topological polar surface area (TPSA) is 37.3 Å². The van der Waals surface area contributed by atoms with Crippen molar-refractivity contribution in [1.29, 1.82) is 0 Å². The van der Waals surface area contributed by atoms with Crippen molar-refractivity contribution >= 4 is 5.78 Å². The minimum Gasteiger partial charge on any atom is -0.385 e. The predicted octanol–water partition coefficient (Wildman–Crippen LogP) is 1.37. The number of aliphatic hydroxyl groups excluding tert-OH is 1. The molecule has 0 spiro atoms. The van der Waals surface area contributed by atoms with Crippen LogP contribution in [-0.4, -0.2) is 17.0 Å². The first kappa shape index (κ1) is 8.24. The lowest BCUT2D eigenvalue weighted by atomic mass is 9.70. The predicted molar refractivity (Wildman–Crippen MR) is 45.6 cm³/mol. The van der Waals surface area contributed by atoms with E-state index in [2.05, 4.69) is 13.8 Å². The molecule has 12 heavy (non-hydrogen) atoms. The van der Waals surface area contributed by atoms with Crippen LogP contribution >= 0.6 is 0 Å². The van der Waals surface area contributed by atoms with Gasteiger partial charge in [0.15, 0.2) is 5.78 Å². The molecule has 0 radical (unpaired) electrons. The fourth-order valence-corrected chi connectivity index (χ4v) is 3.02. The molecule has 2 fully saturated rings.